The number of hydrogen-bond donors (Lipinski definition) is 0. The van der Waals surface area contributed by atoms with E-state index in [0.717, 1.165) is 0 Å². The van der Waals surface area contributed by atoms with E-state index in [1.165, 1.54) is 33.2 Å². The first kappa shape index (κ1) is 12.4. The largest absolute Gasteiger partial charge is 0.138 e. The molecule has 0 atom stereocenters. The van der Waals surface area contributed by atoms with Crippen molar-refractivity contribution >= 4 is 26.6 Å². The van der Waals surface area contributed by atoms with Gasteiger partial charge in [-0.25, -0.2) is 0 Å². The molecule has 1 aromatic rings. The first-order valence-electron chi connectivity index (χ1n) is 5.75. The second kappa shape index (κ2) is 3.73. The standard InChI is InChI=1S/C13H22B2/c1-7-8(2)10(13(4,5)6)12(15)11(14)9(7)3/h14-15H2,1-6H3. The van der Waals surface area contributed by atoms with Crippen LogP contribution in [0.1, 0.15) is 43.0 Å². The van der Waals surface area contributed by atoms with Crippen molar-refractivity contribution in [2.24, 2.45) is 0 Å². The van der Waals surface area contributed by atoms with Crippen LogP contribution in [0.3, 0.4) is 0 Å². The van der Waals surface area contributed by atoms with Crippen LogP contribution in [0.25, 0.3) is 0 Å². The molecule has 1 rings (SSSR count). The lowest BCUT2D eigenvalue weighted by Gasteiger charge is -2.28. The third-order valence-corrected chi connectivity index (χ3v) is 3.75. The quantitative estimate of drug-likeness (QED) is 0.532. The zero-order valence-corrected chi connectivity index (χ0v) is 11.5. The van der Waals surface area contributed by atoms with Crippen molar-refractivity contribution in [1.82, 2.24) is 0 Å². The first-order chi connectivity index (χ1) is 6.68. The Hall–Kier alpha value is -0.650. The lowest BCUT2D eigenvalue weighted by molar-refractivity contribution is 0.589. The number of benzene rings is 1. The van der Waals surface area contributed by atoms with Crippen molar-refractivity contribution in [2.45, 2.75) is 47.0 Å². The molecule has 0 saturated carbocycles. The number of hydrogen-bond acceptors (Lipinski definition) is 0. The van der Waals surface area contributed by atoms with Crippen LogP contribution in [0.2, 0.25) is 0 Å². The predicted molar refractivity (Wildman–Crippen MR) is 75.7 cm³/mol. The van der Waals surface area contributed by atoms with E-state index in [1.807, 2.05) is 0 Å². The summed E-state index contributed by atoms with van der Waals surface area (Å²) in [5.41, 5.74) is 9.11. The first-order valence-corrected chi connectivity index (χ1v) is 5.75. The molecule has 0 aliphatic heterocycles. The monoisotopic (exact) mass is 200 g/mol. The van der Waals surface area contributed by atoms with Crippen molar-refractivity contribution < 1.29 is 0 Å². The fraction of sp³-hybridized carbons (Fsp3) is 0.538. The van der Waals surface area contributed by atoms with E-state index >= 15 is 0 Å². The average molecular weight is 200 g/mol. The molecule has 0 spiro atoms. The maximum Gasteiger partial charge on any atom is 0.138 e. The second-order valence-electron chi connectivity index (χ2n) is 5.75. The highest BCUT2D eigenvalue weighted by Gasteiger charge is 2.21. The Balaban J connectivity index is 3.68. The van der Waals surface area contributed by atoms with E-state index in [4.69, 9.17) is 0 Å². The molecule has 80 valence electrons. The average Bonchev–Trinajstić information content (AvgIpc) is 2.09. The molecule has 1 aromatic carbocycles. The van der Waals surface area contributed by atoms with Crippen molar-refractivity contribution in [3.63, 3.8) is 0 Å². The van der Waals surface area contributed by atoms with Gasteiger partial charge in [-0.2, -0.15) is 0 Å². The molecule has 0 nitrogen and oxygen atoms in total. The Kier molecular flexibility index (Phi) is 3.09. The molecule has 0 radical (unpaired) electrons. The molecular formula is C13H22B2. The van der Waals surface area contributed by atoms with Gasteiger partial charge in [-0.1, -0.05) is 37.3 Å². The molecule has 0 aliphatic rings. The van der Waals surface area contributed by atoms with Gasteiger partial charge in [0.15, 0.2) is 0 Å². The minimum Gasteiger partial charge on any atom is -0.0917 e. The molecule has 0 bridgehead atoms. The van der Waals surface area contributed by atoms with Gasteiger partial charge in [0.05, 0.1) is 0 Å². The normalized spacial score (nSPS) is 11.9. The lowest BCUT2D eigenvalue weighted by Crippen LogP contribution is -2.38. The van der Waals surface area contributed by atoms with Crippen LogP contribution >= 0.6 is 0 Å². The minimum absolute atomic E-state index is 0.247. The van der Waals surface area contributed by atoms with Gasteiger partial charge in [0.2, 0.25) is 0 Å². The second-order valence-corrected chi connectivity index (χ2v) is 5.75. The molecule has 0 saturated heterocycles. The maximum atomic E-state index is 2.30. The van der Waals surface area contributed by atoms with E-state index in [-0.39, 0.29) is 5.41 Å². The molecule has 0 aromatic heterocycles. The predicted octanol–water partition coefficient (Wildman–Crippen LogP) is 0.426. The molecule has 0 heterocycles. The van der Waals surface area contributed by atoms with Crippen molar-refractivity contribution in [3.8, 4) is 0 Å². The van der Waals surface area contributed by atoms with E-state index in [0.29, 0.717) is 0 Å². The van der Waals surface area contributed by atoms with Gasteiger partial charge in [-0.3, -0.25) is 0 Å². The summed E-state index contributed by atoms with van der Waals surface area (Å²) in [5.74, 6) is 0. The highest BCUT2D eigenvalue weighted by molar-refractivity contribution is 6.50. The topological polar surface area (TPSA) is 0 Å². The summed E-state index contributed by atoms with van der Waals surface area (Å²) in [6.07, 6.45) is 0. The van der Waals surface area contributed by atoms with E-state index in [1.54, 1.807) is 0 Å². The third-order valence-electron chi connectivity index (χ3n) is 3.75. The Morgan fingerprint density at radius 3 is 1.60 bits per heavy atom. The van der Waals surface area contributed by atoms with Gasteiger partial charge in [-0.15, -0.1) is 0 Å². The van der Waals surface area contributed by atoms with Crippen LogP contribution in [0.4, 0.5) is 0 Å². The van der Waals surface area contributed by atoms with Gasteiger partial charge < -0.3 is 0 Å². The summed E-state index contributed by atoms with van der Waals surface area (Å²) >= 11 is 0. The van der Waals surface area contributed by atoms with Crippen LogP contribution in [0.5, 0.6) is 0 Å². The highest BCUT2D eigenvalue weighted by Crippen LogP contribution is 2.26. The van der Waals surface area contributed by atoms with Crippen LogP contribution in [-0.4, -0.2) is 15.7 Å². The molecule has 2 heteroatoms. The zero-order valence-electron chi connectivity index (χ0n) is 11.5. The van der Waals surface area contributed by atoms with Crippen LogP contribution in [-0.2, 0) is 5.41 Å². The van der Waals surface area contributed by atoms with Crippen LogP contribution in [0.15, 0.2) is 0 Å². The third kappa shape index (κ3) is 2.00. The van der Waals surface area contributed by atoms with E-state index in [2.05, 4.69) is 57.2 Å². The lowest BCUT2D eigenvalue weighted by atomic mass is 9.66. The Morgan fingerprint density at radius 1 is 0.733 bits per heavy atom. The molecule has 0 aliphatic carbocycles. The summed E-state index contributed by atoms with van der Waals surface area (Å²) in [4.78, 5) is 0. The molecular weight excluding hydrogens is 178 g/mol. The highest BCUT2D eigenvalue weighted by atomic mass is 14.2. The molecule has 0 amide bonds. The van der Waals surface area contributed by atoms with E-state index < -0.39 is 0 Å². The van der Waals surface area contributed by atoms with E-state index in [9.17, 15) is 0 Å². The number of rotatable bonds is 0. The maximum absolute atomic E-state index is 2.30. The van der Waals surface area contributed by atoms with Crippen molar-refractivity contribution in [2.75, 3.05) is 0 Å². The van der Waals surface area contributed by atoms with Crippen LogP contribution in [0, 0.1) is 20.8 Å². The fourth-order valence-corrected chi connectivity index (χ4v) is 2.62. The summed E-state index contributed by atoms with van der Waals surface area (Å²) in [6, 6.07) is 0. The Labute approximate surface area is 96.3 Å². The Morgan fingerprint density at radius 2 is 1.20 bits per heavy atom. The minimum atomic E-state index is 0.247. The summed E-state index contributed by atoms with van der Waals surface area (Å²) in [5, 5.41) is 0. The molecule has 15 heavy (non-hydrogen) atoms. The molecule has 0 unspecified atom stereocenters. The molecule has 0 fully saturated rings. The van der Waals surface area contributed by atoms with Crippen molar-refractivity contribution in [3.05, 3.63) is 22.3 Å². The SMILES string of the molecule is Bc1c(B)c(C(C)(C)C)c(C)c(C)c1C. The summed E-state index contributed by atoms with van der Waals surface area (Å²) < 4.78 is 0. The van der Waals surface area contributed by atoms with Gasteiger partial charge in [0.1, 0.15) is 15.7 Å². The zero-order chi connectivity index (χ0) is 12.0. The van der Waals surface area contributed by atoms with Gasteiger partial charge in [0, 0.05) is 0 Å². The molecule has 0 N–H and O–H groups in total. The van der Waals surface area contributed by atoms with Gasteiger partial charge in [0.25, 0.3) is 0 Å². The van der Waals surface area contributed by atoms with Gasteiger partial charge >= 0.3 is 0 Å². The summed E-state index contributed by atoms with van der Waals surface area (Å²) in [7, 11) is 4.50. The fourth-order valence-electron chi connectivity index (χ4n) is 2.62. The Bertz CT molecular complexity index is 369. The smallest absolute Gasteiger partial charge is 0.0917 e. The van der Waals surface area contributed by atoms with Crippen LogP contribution < -0.4 is 10.9 Å². The van der Waals surface area contributed by atoms with Gasteiger partial charge in [-0.05, 0) is 42.9 Å². The van der Waals surface area contributed by atoms with Crippen molar-refractivity contribution in [1.29, 1.82) is 0 Å². The summed E-state index contributed by atoms with van der Waals surface area (Å²) in [6.45, 7) is 13.6.